The van der Waals surface area contributed by atoms with Crippen molar-refractivity contribution in [3.8, 4) is 0 Å². The van der Waals surface area contributed by atoms with E-state index < -0.39 is 5.60 Å². The van der Waals surface area contributed by atoms with E-state index in [9.17, 15) is 4.79 Å². The smallest absolute Gasteiger partial charge is 0.319 e. The van der Waals surface area contributed by atoms with Crippen LogP contribution in [0.3, 0.4) is 0 Å². The maximum absolute atomic E-state index is 11.5. The molecule has 0 amide bonds. The Morgan fingerprint density at radius 2 is 2.00 bits per heavy atom. The van der Waals surface area contributed by atoms with Crippen molar-refractivity contribution in [1.29, 1.82) is 0 Å². The van der Waals surface area contributed by atoms with E-state index in [1.165, 1.54) is 0 Å². The van der Waals surface area contributed by atoms with Gasteiger partial charge in [0.1, 0.15) is 5.60 Å². The molecule has 0 aromatic rings. The van der Waals surface area contributed by atoms with Crippen molar-refractivity contribution >= 4 is 18.6 Å². The molecule has 0 heterocycles. The molecule has 4 heteroatoms. The van der Waals surface area contributed by atoms with E-state index in [0.29, 0.717) is 6.61 Å². The van der Waals surface area contributed by atoms with Gasteiger partial charge in [-0.2, -0.15) is 12.6 Å². The third-order valence-corrected chi connectivity index (χ3v) is 3.05. The van der Waals surface area contributed by atoms with Crippen LogP contribution in [-0.2, 0) is 14.3 Å². The predicted octanol–water partition coefficient (Wildman–Crippen LogP) is 2.30. The predicted molar refractivity (Wildman–Crippen MR) is 64.3 cm³/mol. The Kier molecular flexibility index (Phi) is 6.29. The molecule has 15 heavy (non-hydrogen) atoms. The molecule has 0 saturated carbocycles. The van der Waals surface area contributed by atoms with Gasteiger partial charge in [0, 0.05) is 13.0 Å². The molecule has 0 radical (unpaired) electrons. The van der Waals surface area contributed by atoms with Gasteiger partial charge in [-0.15, -0.1) is 0 Å². The molecule has 0 aliphatic heterocycles. The molecule has 0 aliphatic carbocycles. The van der Waals surface area contributed by atoms with Gasteiger partial charge < -0.3 is 9.47 Å². The molecule has 3 nitrogen and oxygen atoms in total. The zero-order chi connectivity index (χ0) is 12.1. The number of ether oxygens (including phenoxy) is 2. The summed E-state index contributed by atoms with van der Waals surface area (Å²) in [6, 6.07) is 0. The fraction of sp³-hybridized carbons (Fsp3) is 0.909. The van der Waals surface area contributed by atoms with Crippen molar-refractivity contribution in [3.63, 3.8) is 0 Å². The summed E-state index contributed by atoms with van der Waals surface area (Å²) in [5.74, 6) is -0.103. The molecular formula is C11H22O3S. The van der Waals surface area contributed by atoms with Crippen molar-refractivity contribution in [3.05, 3.63) is 0 Å². The molecule has 3 unspecified atom stereocenters. The minimum Gasteiger partial charge on any atom is -0.458 e. The third-order valence-electron chi connectivity index (χ3n) is 2.84. The number of carbonyl (C=O) groups is 1. The fourth-order valence-electron chi connectivity index (χ4n) is 1.26. The first-order chi connectivity index (χ1) is 6.87. The van der Waals surface area contributed by atoms with Crippen molar-refractivity contribution in [2.75, 3.05) is 13.7 Å². The van der Waals surface area contributed by atoms with E-state index in [2.05, 4.69) is 12.6 Å². The summed E-state index contributed by atoms with van der Waals surface area (Å²) in [6.07, 6.45) is 0.768. The summed E-state index contributed by atoms with van der Waals surface area (Å²) in [7, 11) is 1.65. The molecule has 0 spiro atoms. The third kappa shape index (κ3) is 4.43. The normalized spacial score (nSPS) is 19.1. The summed E-state index contributed by atoms with van der Waals surface area (Å²) in [6.45, 7) is 8.25. The van der Waals surface area contributed by atoms with Crippen LogP contribution in [0.15, 0.2) is 0 Å². The zero-order valence-corrected chi connectivity index (χ0v) is 11.1. The number of rotatable bonds is 6. The molecule has 0 aromatic carbocycles. The van der Waals surface area contributed by atoms with Crippen LogP contribution >= 0.6 is 12.6 Å². The Morgan fingerprint density at radius 1 is 1.47 bits per heavy atom. The van der Waals surface area contributed by atoms with Gasteiger partial charge in [-0.25, -0.2) is 0 Å². The summed E-state index contributed by atoms with van der Waals surface area (Å²) >= 11 is 4.06. The Labute approximate surface area is 97.9 Å². The summed E-state index contributed by atoms with van der Waals surface area (Å²) in [5, 5.41) is -0.384. The number of hydrogen-bond acceptors (Lipinski definition) is 4. The van der Waals surface area contributed by atoms with Crippen LogP contribution in [-0.4, -0.2) is 30.5 Å². The van der Waals surface area contributed by atoms with E-state index in [1.807, 2.05) is 20.8 Å². The van der Waals surface area contributed by atoms with Crippen molar-refractivity contribution in [1.82, 2.24) is 0 Å². The summed E-state index contributed by atoms with van der Waals surface area (Å²) in [4.78, 5) is 11.5. The minimum atomic E-state index is -0.468. The van der Waals surface area contributed by atoms with Crippen LogP contribution in [0.5, 0.6) is 0 Å². The Morgan fingerprint density at radius 3 is 2.33 bits per heavy atom. The van der Waals surface area contributed by atoms with Gasteiger partial charge in [-0.1, -0.05) is 13.8 Å². The second-order valence-corrected chi connectivity index (χ2v) is 4.89. The van der Waals surface area contributed by atoms with Crippen LogP contribution in [0.25, 0.3) is 0 Å². The van der Waals surface area contributed by atoms with Gasteiger partial charge in [0.2, 0.25) is 0 Å². The van der Waals surface area contributed by atoms with E-state index in [-0.39, 0.29) is 17.1 Å². The highest BCUT2D eigenvalue weighted by molar-refractivity contribution is 7.81. The topological polar surface area (TPSA) is 35.5 Å². The number of thiol groups is 1. The van der Waals surface area contributed by atoms with E-state index in [0.717, 1.165) is 6.42 Å². The van der Waals surface area contributed by atoms with Crippen LogP contribution < -0.4 is 0 Å². The summed E-state index contributed by atoms with van der Waals surface area (Å²) < 4.78 is 10.6. The highest BCUT2D eigenvalue weighted by atomic mass is 32.1. The zero-order valence-electron chi connectivity index (χ0n) is 10.2. The molecule has 90 valence electrons. The standard InChI is InChI=1S/C11H22O3S/c1-6-11(4,8(2)7-13-5)14-10(12)9(3)15/h8-9,15H,6-7H2,1-5H3. The quantitative estimate of drug-likeness (QED) is 0.566. The fourth-order valence-corrected chi connectivity index (χ4v) is 1.32. The lowest BCUT2D eigenvalue weighted by atomic mass is 9.88. The van der Waals surface area contributed by atoms with Crippen molar-refractivity contribution in [2.24, 2.45) is 5.92 Å². The Balaban J connectivity index is 4.49. The highest BCUT2D eigenvalue weighted by Gasteiger charge is 2.34. The lowest BCUT2D eigenvalue weighted by Gasteiger charge is -2.34. The van der Waals surface area contributed by atoms with Gasteiger partial charge in [0.15, 0.2) is 0 Å². The first-order valence-electron chi connectivity index (χ1n) is 5.27. The number of methoxy groups -OCH3 is 1. The Bertz CT molecular complexity index is 206. The number of hydrogen-bond donors (Lipinski definition) is 1. The maximum atomic E-state index is 11.5. The second kappa shape index (κ2) is 6.38. The SMILES string of the molecule is CCC(C)(OC(=O)C(C)S)C(C)COC. The van der Waals surface area contributed by atoms with E-state index in [4.69, 9.17) is 9.47 Å². The van der Waals surface area contributed by atoms with Gasteiger partial charge in [-0.3, -0.25) is 4.79 Å². The number of carbonyl (C=O) groups excluding carboxylic acids is 1. The lowest BCUT2D eigenvalue weighted by Crippen LogP contribution is -2.41. The largest absolute Gasteiger partial charge is 0.458 e. The molecule has 3 atom stereocenters. The molecular weight excluding hydrogens is 212 g/mol. The highest BCUT2D eigenvalue weighted by Crippen LogP contribution is 2.26. The Hall–Kier alpha value is -0.220. The van der Waals surface area contributed by atoms with Gasteiger partial charge in [-0.05, 0) is 20.3 Å². The average molecular weight is 234 g/mol. The minimum absolute atomic E-state index is 0.170. The van der Waals surface area contributed by atoms with E-state index >= 15 is 0 Å². The lowest BCUT2D eigenvalue weighted by molar-refractivity contribution is -0.164. The molecule has 0 bridgehead atoms. The molecule has 0 aromatic heterocycles. The molecule has 0 fully saturated rings. The van der Waals surface area contributed by atoms with Gasteiger partial charge in [0.25, 0.3) is 0 Å². The molecule has 0 aliphatic rings. The van der Waals surface area contributed by atoms with Crippen LogP contribution in [0.1, 0.15) is 34.1 Å². The van der Waals surface area contributed by atoms with E-state index in [1.54, 1.807) is 14.0 Å². The molecule has 0 saturated heterocycles. The van der Waals surface area contributed by atoms with Gasteiger partial charge in [0.05, 0.1) is 11.9 Å². The van der Waals surface area contributed by atoms with Crippen LogP contribution in [0.2, 0.25) is 0 Å². The monoisotopic (exact) mass is 234 g/mol. The van der Waals surface area contributed by atoms with Crippen LogP contribution in [0.4, 0.5) is 0 Å². The molecule has 0 rings (SSSR count). The van der Waals surface area contributed by atoms with Gasteiger partial charge >= 0.3 is 5.97 Å². The number of esters is 1. The second-order valence-electron chi connectivity index (χ2n) is 4.12. The first kappa shape index (κ1) is 14.8. The summed E-state index contributed by atoms with van der Waals surface area (Å²) in [5.41, 5.74) is -0.468. The average Bonchev–Trinajstić information content (AvgIpc) is 2.17. The van der Waals surface area contributed by atoms with Crippen molar-refractivity contribution in [2.45, 2.75) is 45.0 Å². The first-order valence-corrected chi connectivity index (χ1v) is 5.78. The molecule has 0 N–H and O–H groups in total. The van der Waals surface area contributed by atoms with Crippen molar-refractivity contribution < 1.29 is 14.3 Å². The van der Waals surface area contributed by atoms with Crippen LogP contribution in [0, 0.1) is 5.92 Å². The maximum Gasteiger partial charge on any atom is 0.319 e.